The number of carbonyl (C=O) groups excluding carboxylic acids is 2. The maximum Gasteiger partial charge on any atom is 0.293 e. The van der Waals surface area contributed by atoms with Gasteiger partial charge in [-0.2, -0.15) is 0 Å². The molecule has 0 N–H and O–H groups in total. The molecule has 0 bridgehead atoms. The Morgan fingerprint density at radius 2 is 2.22 bits per heavy atom. The Morgan fingerprint density at radius 3 is 2.56 bits per heavy atom. The summed E-state index contributed by atoms with van der Waals surface area (Å²) < 4.78 is 4.63. The first kappa shape index (κ1) is 6.26. The van der Waals surface area contributed by atoms with E-state index >= 15 is 0 Å². The van der Waals surface area contributed by atoms with Gasteiger partial charge in [0.1, 0.15) is 11.4 Å². The van der Waals surface area contributed by atoms with Gasteiger partial charge in [-0.1, -0.05) is 0 Å². The van der Waals surface area contributed by atoms with Crippen molar-refractivity contribution in [1.29, 1.82) is 0 Å². The Balaban J connectivity index is 2.39. The largest absolute Gasteiger partial charge is 0.461 e. The summed E-state index contributed by atoms with van der Waals surface area (Å²) in [6, 6.07) is 0. The molecular weight excluding hydrogens is 120 g/mol. The van der Waals surface area contributed by atoms with Crippen LogP contribution < -0.4 is 0 Å². The van der Waals surface area contributed by atoms with Gasteiger partial charge in [0.15, 0.2) is 0 Å². The van der Waals surface area contributed by atoms with E-state index in [2.05, 4.69) is 4.74 Å². The fourth-order valence-electron chi connectivity index (χ4n) is 0.982. The highest BCUT2D eigenvalue weighted by Gasteiger charge is 2.40. The molecule has 0 amide bonds. The predicted molar refractivity (Wildman–Crippen MR) is 29.8 cm³/mol. The van der Waals surface area contributed by atoms with Gasteiger partial charge in [0.25, 0.3) is 6.47 Å². The van der Waals surface area contributed by atoms with Gasteiger partial charge < -0.3 is 4.74 Å². The van der Waals surface area contributed by atoms with Crippen LogP contribution >= 0.6 is 0 Å². The van der Waals surface area contributed by atoms with Crippen LogP contribution in [0.2, 0.25) is 0 Å². The van der Waals surface area contributed by atoms with E-state index in [1.807, 2.05) is 0 Å². The molecule has 0 atom stereocenters. The third-order valence-electron chi connectivity index (χ3n) is 1.47. The van der Waals surface area contributed by atoms with Crippen LogP contribution in [0.1, 0.15) is 19.8 Å². The molecule has 0 aliphatic heterocycles. The molecule has 1 fully saturated rings. The molecule has 0 aromatic carbocycles. The lowest BCUT2D eigenvalue weighted by Crippen LogP contribution is -2.43. The summed E-state index contributed by atoms with van der Waals surface area (Å²) in [5, 5.41) is 0. The molecular formula is C6H8O3. The number of ether oxygens (including phenoxy) is 1. The summed E-state index contributed by atoms with van der Waals surface area (Å²) in [5.74, 6) is 0.166. The molecule has 1 rings (SSSR count). The van der Waals surface area contributed by atoms with E-state index in [9.17, 15) is 9.59 Å². The zero-order valence-corrected chi connectivity index (χ0v) is 5.22. The van der Waals surface area contributed by atoms with E-state index in [0.29, 0.717) is 19.3 Å². The van der Waals surface area contributed by atoms with Crippen LogP contribution in [-0.4, -0.2) is 17.9 Å². The molecule has 3 heteroatoms. The van der Waals surface area contributed by atoms with Crippen molar-refractivity contribution in [2.24, 2.45) is 0 Å². The molecule has 0 aromatic rings. The van der Waals surface area contributed by atoms with Crippen molar-refractivity contribution in [3.05, 3.63) is 0 Å². The highest BCUT2D eigenvalue weighted by Crippen LogP contribution is 2.30. The van der Waals surface area contributed by atoms with E-state index in [-0.39, 0.29) is 5.78 Å². The van der Waals surface area contributed by atoms with E-state index in [0.717, 1.165) is 0 Å². The van der Waals surface area contributed by atoms with Gasteiger partial charge in [-0.15, -0.1) is 0 Å². The Kier molecular flexibility index (Phi) is 1.27. The molecule has 0 saturated heterocycles. The molecule has 1 aliphatic carbocycles. The Morgan fingerprint density at radius 1 is 1.67 bits per heavy atom. The molecule has 0 spiro atoms. The predicted octanol–water partition coefficient (Wildman–Crippen LogP) is 0.281. The molecule has 1 saturated carbocycles. The van der Waals surface area contributed by atoms with Crippen molar-refractivity contribution >= 4 is 12.3 Å². The lowest BCUT2D eigenvalue weighted by atomic mass is 9.81. The number of rotatable bonds is 2. The minimum absolute atomic E-state index is 0.166. The lowest BCUT2D eigenvalue weighted by Gasteiger charge is -2.34. The van der Waals surface area contributed by atoms with Gasteiger partial charge in [0.2, 0.25) is 0 Å². The zero-order valence-electron chi connectivity index (χ0n) is 5.22. The third kappa shape index (κ3) is 1.09. The van der Waals surface area contributed by atoms with E-state index in [1.54, 1.807) is 6.92 Å². The monoisotopic (exact) mass is 128 g/mol. The number of ketones is 1. The van der Waals surface area contributed by atoms with Crippen LogP contribution in [0.4, 0.5) is 0 Å². The summed E-state index contributed by atoms with van der Waals surface area (Å²) in [6.45, 7) is 2.15. The van der Waals surface area contributed by atoms with E-state index in [4.69, 9.17) is 0 Å². The van der Waals surface area contributed by atoms with Gasteiger partial charge >= 0.3 is 0 Å². The number of hydrogen-bond donors (Lipinski definition) is 0. The molecule has 0 aromatic heterocycles. The van der Waals surface area contributed by atoms with Crippen molar-refractivity contribution in [3.63, 3.8) is 0 Å². The molecule has 9 heavy (non-hydrogen) atoms. The van der Waals surface area contributed by atoms with Crippen LogP contribution in [0.25, 0.3) is 0 Å². The average molecular weight is 128 g/mol. The molecule has 0 heterocycles. The Hall–Kier alpha value is -0.860. The van der Waals surface area contributed by atoms with Crippen molar-refractivity contribution in [2.75, 3.05) is 0 Å². The van der Waals surface area contributed by atoms with Gasteiger partial charge in [-0.05, 0) is 6.92 Å². The van der Waals surface area contributed by atoms with Gasteiger partial charge in [0, 0.05) is 12.8 Å². The third-order valence-corrected chi connectivity index (χ3v) is 1.47. The summed E-state index contributed by atoms with van der Waals surface area (Å²) in [6.07, 6.45) is 0.761. The lowest BCUT2D eigenvalue weighted by molar-refractivity contribution is -0.158. The van der Waals surface area contributed by atoms with Gasteiger partial charge in [0.05, 0.1) is 0 Å². The van der Waals surface area contributed by atoms with Crippen LogP contribution in [0.15, 0.2) is 0 Å². The first-order valence-corrected chi connectivity index (χ1v) is 2.79. The number of Topliss-reactive ketones (excluding diaryl/α,β-unsaturated/α-hetero) is 1. The Labute approximate surface area is 53.0 Å². The maximum atomic E-state index is 10.4. The van der Waals surface area contributed by atoms with Crippen LogP contribution in [0.3, 0.4) is 0 Å². The first-order valence-electron chi connectivity index (χ1n) is 2.79. The average Bonchev–Trinajstić information content (AvgIpc) is 1.62. The number of hydrogen-bond acceptors (Lipinski definition) is 3. The first-order chi connectivity index (χ1) is 4.16. The van der Waals surface area contributed by atoms with Crippen molar-refractivity contribution < 1.29 is 14.3 Å². The van der Waals surface area contributed by atoms with Crippen LogP contribution in [0.5, 0.6) is 0 Å². The van der Waals surface area contributed by atoms with Gasteiger partial charge in [-0.25, -0.2) is 0 Å². The second-order valence-corrected chi connectivity index (χ2v) is 2.56. The SMILES string of the molecule is CC1(OC=O)CC(=O)C1. The van der Waals surface area contributed by atoms with Crippen molar-refractivity contribution in [3.8, 4) is 0 Å². The maximum absolute atomic E-state index is 10.4. The fraction of sp³-hybridized carbons (Fsp3) is 0.667. The minimum atomic E-state index is -0.473. The van der Waals surface area contributed by atoms with Crippen LogP contribution in [0, 0.1) is 0 Å². The molecule has 1 aliphatic rings. The minimum Gasteiger partial charge on any atom is -0.461 e. The van der Waals surface area contributed by atoms with Gasteiger partial charge in [-0.3, -0.25) is 9.59 Å². The van der Waals surface area contributed by atoms with E-state index < -0.39 is 5.60 Å². The summed E-state index contributed by atoms with van der Waals surface area (Å²) in [5.41, 5.74) is -0.473. The van der Waals surface area contributed by atoms with Crippen molar-refractivity contribution in [2.45, 2.75) is 25.4 Å². The highest BCUT2D eigenvalue weighted by atomic mass is 16.5. The zero-order chi connectivity index (χ0) is 6.91. The topological polar surface area (TPSA) is 43.4 Å². The summed E-state index contributed by atoms with van der Waals surface area (Å²) >= 11 is 0. The van der Waals surface area contributed by atoms with Crippen molar-refractivity contribution in [1.82, 2.24) is 0 Å². The second-order valence-electron chi connectivity index (χ2n) is 2.56. The molecule has 0 unspecified atom stereocenters. The summed E-state index contributed by atoms with van der Waals surface area (Å²) in [4.78, 5) is 20.2. The standard InChI is InChI=1S/C6H8O3/c1-6(9-4-7)2-5(8)3-6/h4H,2-3H2,1H3. The molecule has 0 radical (unpaired) electrons. The second kappa shape index (κ2) is 1.83. The summed E-state index contributed by atoms with van der Waals surface area (Å²) in [7, 11) is 0. The quantitative estimate of drug-likeness (QED) is 0.502. The Bertz CT molecular complexity index is 137. The smallest absolute Gasteiger partial charge is 0.293 e. The number of carbonyl (C=O) groups is 2. The van der Waals surface area contributed by atoms with E-state index in [1.165, 1.54) is 0 Å². The molecule has 3 nitrogen and oxygen atoms in total. The highest BCUT2D eigenvalue weighted by molar-refractivity contribution is 5.87. The van der Waals surface area contributed by atoms with Crippen LogP contribution in [-0.2, 0) is 14.3 Å². The fourth-order valence-corrected chi connectivity index (χ4v) is 0.982. The molecule has 50 valence electrons. The normalized spacial score (nSPS) is 22.6.